The second kappa shape index (κ2) is 40.3. The van der Waals surface area contributed by atoms with Gasteiger partial charge in [-0.2, -0.15) is 13.2 Å². The van der Waals surface area contributed by atoms with E-state index < -0.39 is 17.7 Å². The van der Waals surface area contributed by atoms with Crippen LogP contribution in [-0.2, 0) is 19.1 Å². The highest BCUT2D eigenvalue weighted by Gasteiger charge is 2.38. The van der Waals surface area contributed by atoms with Crippen LogP contribution in [0.2, 0.25) is 0 Å². The molecule has 14 heteroatoms. The highest BCUT2D eigenvalue weighted by atomic mass is 35.5. The average molecular weight is 855 g/mol. The van der Waals surface area contributed by atoms with Gasteiger partial charge in [0.2, 0.25) is 0 Å². The number of esters is 1. The number of alkyl carbamates (subject to hydrolysis) is 1. The minimum absolute atomic E-state index is 0.0746. The Morgan fingerprint density at radius 2 is 0.946 bits per heavy atom. The largest absolute Gasteiger partial charge is 0.490 e. The number of rotatable bonds is 27. The van der Waals surface area contributed by atoms with Crippen LogP contribution in [0.3, 0.4) is 0 Å². The van der Waals surface area contributed by atoms with Gasteiger partial charge in [-0.1, -0.05) is 110 Å². The molecule has 0 bridgehead atoms. The number of alkyl halides is 5. The zero-order valence-electron chi connectivity index (χ0n) is 36.6. The second-order valence-corrected chi connectivity index (χ2v) is 17.1. The number of carboxylic acid groups (broad SMARTS) is 1. The van der Waals surface area contributed by atoms with Gasteiger partial charge in [0.25, 0.3) is 0 Å². The first-order chi connectivity index (χ1) is 26.1. The molecule has 0 aliphatic carbocycles. The van der Waals surface area contributed by atoms with E-state index in [1.54, 1.807) is 0 Å². The van der Waals surface area contributed by atoms with Crippen LogP contribution in [0.1, 0.15) is 197 Å². The summed E-state index contributed by atoms with van der Waals surface area (Å²) in [4.78, 5) is 32.2. The van der Waals surface area contributed by atoms with E-state index in [1.807, 2.05) is 41.5 Å². The van der Waals surface area contributed by atoms with Crippen LogP contribution in [0.15, 0.2) is 0 Å². The monoisotopic (exact) mass is 854 g/mol. The van der Waals surface area contributed by atoms with Crippen molar-refractivity contribution >= 4 is 41.2 Å². The van der Waals surface area contributed by atoms with Crippen molar-refractivity contribution in [3.05, 3.63) is 0 Å². The first kappa shape index (κ1) is 61.2. The maximum Gasteiger partial charge on any atom is 0.490 e. The maximum absolute atomic E-state index is 11.7. The van der Waals surface area contributed by atoms with E-state index in [-0.39, 0.29) is 23.0 Å². The number of amides is 1. The number of nitrogens with two attached hydrogens (primary N) is 2. The van der Waals surface area contributed by atoms with Crippen LogP contribution in [0.4, 0.5) is 18.0 Å². The number of carbonyl (C=O) groups is 3. The van der Waals surface area contributed by atoms with Crippen molar-refractivity contribution in [2.24, 2.45) is 23.3 Å². The van der Waals surface area contributed by atoms with Gasteiger partial charge in [0.1, 0.15) is 11.2 Å². The molecule has 56 heavy (non-hydrogen) atoms. The van der Waals surface area contributed by atoms with Gasteiger partial charge in [0.15, 0.2) is 0 Å². The molecule has 0 aliphatic heterocycles. The fourth-order valence-electron chi connectivity index (χ4n) is 5.67. The number of nitrogens with one attached hydrogen (secondary N) is 1. The number of halogens is 5. The van der Waals surface area contributed by atoms with Crippen molar-refractivity contribution in [2.45, 2.75) is 214 Å². The molecular weight excluding hydrogens is 770 g/mol. The number of carbonyl (C=O) groups excluding carboxylic acids is 2. The van der Waals surface area contributed by atoms with Gasteiger partial charge in [-0.05, 0) is 105 Å². The smallest absolute Gasteiger partial charge is 0.475 e. The summed E-state index contributed by atoms with van der Waals surface area (Å²) in [6, 6.07) is 0. The molecule has 9 nitrogen and oxygen atoms in total. The van der Waals surface area contributed by atoms with Gasteiger partial charge in [0.05, 0.1) is 5.34 Å². The number of hydrogen-bond donors (Lipinski definition) is 4. The molecule has 2 atom stereocenters. The summed E-state index contributed by atoms with van der Waals surface area (Å²) < 4.78 is 42.3. The molecular formula is C42H84Cl2F3N3O6. The Hall–Kier alpha value is -1.50. The zero-order valence-corrected chi connectivity index (χ0v) is 38.1. The molecule has 0 aromatic rings. The summed E-state index contributed by atoms with van der Waals surface area (Å²) in [5.41, 5.74) is 10.2. The molecule has 0 spiro atoms. The van der Waals surface area contributed by atoms with E-state index in [4.69, 9.17) is 54.0 Å². The van der Waals surface area contributed by atoms with Crippen molar-refractivity contribution in [1.82, 2.24) is 5.32 Å². The Bertz CT molecular complexity index is 904. The summed E-state index contributed by atoms with van der Waals surface area (Å²) in [7, 11) is 0. The molecule has 1 amide bonds. The SMILES string of the molecule is CCC(CCCCCCCCCC(=O)OC(C)(C)C)CCCNC(=O)OC(C)(C)C.CCC(CCCN)CCCCCCCCN.ClCCl.O=C(O)C(F)(F)F. The summed E-state index contributed by atoms with van der Waals surface area (Å²) in [6.07, 6.45) is 21.5. The number of hydrogen-bond acceptors (Lipinski definition) is 7. The average Bonchev–Trinajstić information content (AvgIpc) is 3.08. The highest BCUT2D eigenvalue weighted by molar-refractivity contribution is 6.40. The molecule has 2 unspecified atom stereocenters. The first-order valence-corrected chi connectivity index (χ1v) is 22.2. The van der Waals surface area contributed by atoms with E-state index in [0.29, 0.717) is 13.0 Å². The third kappa shape index (κ3) is 54.6. The van der Waals surface area contributed by atoms with Crippen molar-refractivity contribution in [2.75, 3.05) is 25.0 Å². The Morgan fingerprint density at radius 1 is 0.607 bits per heavy atom. The van der Waals surface area contributed by atoms with E-state index in [9.17, 15) is 22.8 Å². The van der Waals surface area contributed by atoms with Crippen LogP contribution >= 0.6 is 23.2 Å². The third-order valence-electron chi connectivity index (χ3n) is 8.65. The second-order valence-electron chi connectivity index (χ2n) is 16.3. The van der Waals surface area contributed by atoms with Gasteiger partial charge >= 0.3 is 24.2 Å². The van der Waals surface area contributed by atoms with Crippen molar-refractivity contribution in [3.8, 4) is 0 Å². The van der Waals surface area contributed by atoms with Crippen LogP contribution in [0.25, 0.3) is 0 Å². The molecule has 0 saturated carbocycles. The number of carboxylic acids is 1. The quantitative estimate of drug-likeness (QED) is 0.0362. The normalized spacial score (nSPS) is 12.4. The topological polar surface area (TPSA) is 154 Å². The minimum atomic E-state index is -5.08. The maximum atomic E-state index is 11.7. The summed E-state index contributed by atoms with van der Waals surface area (Å²) in [5, 5.41) is 10.2. The molecule has 338 valence electrons. The lowest BCUT2D eigenvalue weighted by molar-refractivity contribution is -0.192. The molecule has 0 radical (unpaired) electrons. The van der Waals surface area contributed by atoms with Crippen molar-refractivity contribution in [3.63, 3.8) is 0 Å². The predicted molar refractivity (Wildman–Crippen MR) is 228 cm³/mol. The van der Waals surface area contributed by atoms with Crippen LogP contribution in [-0.4, -0.2) is 65.5 Å². The standard InChI is InChI=1S/C25H49NO4.C14H32N2.C2HF3O2.CH2Cl2/c1-8-21(18-16-20-26-23(28)30-25(5,6)7)17-14-12-10-9-11-13-15-19-22(27)29-24(2,3)4;1-2-14(11-9-13-16)10-7-5-3-4-6-8-12-15;3-2(4,5)1(6)7;2-1-3/h21H,8-20H2,1-7H3,(H,26,28);14H,2-13,15-16H2,1H3;(H,6,7);1H2. The van der Waals surface area contributed by atoms with E-state index in [2.05, 4.69) is 19.2 Å². The summed E-state index contributed by atoms with van der Waals surface area (Å²) >= 11 is 9.53. The number of unbranched alkanes of at least 4 members (excludes halogenated alkanes) is 11. The minimum Gasteiger partial charge on any atom is -0.475 e. The predicted octanol–water partition coefficient (Wildman–Crippen LogP) is 12.7. The molecule has 0 saturated heterocycles. The van der Waals surface area contributed by atoms with Crippen molar-refractivity contribution in [1.29, 1.82) is 0 Å². The zero-order chi connectivity index (χ0) is 43.9. The lowest BCUT2D eigenvalue weighted by Crippen LogP contribution is -2.33. The Kier molecular flexibility index (Phi) is 44.0. The van der Waals surface area contributed by atoms with Gasteiger partial charge in [0, 0.05) is 13.0 Å². The van der Waals surface area contributed by atoms with E-state index >= 15 is 0 Å². The van der Waals surface area contributed by atoms with Gasteiger partial charge in [-0.25, -0.2) is 9.59 Å². The van der Waals surface area contributed by atoms with E-state index in [1.165, 1.54) is 109 Å². The van der Waals surface area contributed by atoms with Crippen LogP contribution in [0.5, 0.6) is 0 Å². The van der Waals surface area contributed by atoms with Crippen molar-refractivity contribution < 1.29 is 42.1 Å². The summed E-state index contributed by atoms with van der Waals surface area (Å²) in [6.45, 7) is 18.3. The highest BCUT2D eigenvalue weighted by Crippen LogP contribution is 2.21. The molecule has 0 aromatic heterocycles. The Balaban J connectivity index is -0.000000429. The fourth-order valence-corrected chi connectivity index (χ4v) is 5.67. The molecule has 0 aliphatic rings. The molecule has 0 rings (SSSR count). The molecule has 0 aromatic carbocycles. The first-order valence-electron chi connectivity index (χ1n) is 21.1. The molecule has 0 heterocycles. The van der Waals surface area contributed by atoms with Gasteiger partial charge in [-0.3, -0.25) is 4.79 Å². The fraction of sp³-hybridized carbons (Fsp3) is 0.929. The van der Waals surface area contributed by atoms with Crippen LogP contribution < -0.4 is 16.8 Å². The lowest BCUT2D eigenvalue weighted by atomic mass is 9.93. The molecule has 6 N–H and O–H groups in total. The lowest BCUT2D eigenvalue weighted by Gasteiger charge is -2.20. The Labute approximate surface area is 350 Å². The third-order valence-corrected chi connectivity index (χ3v) is 8.65. The molecule has 0 fully saturated rings. The number of ether oxygens (including phenoxy) is 2. The van der Waals surface area contributed by atoms with Gasteiger partial charge in [-0.15, -0.1) is 23.2 Å². The Morgan fingerprint density at radius 3 is 1.30 bits per heavy atom. The van der Waals surface area contributed by atoms with Crippen LogP contribution in [0, 0.1) is 11.8 Å². The summed E-state index contributed by atoms with van der Waals surface area (Å²) in [5.74, 6) is -1.16. The van der Waals surface area contributed by atoms with Gasteiger partial charge < -0.3 is 31.4 Å². The van der Waals surface area contributed by atoms with E-state index in [0.717, 1.165) is 50.6 Å². The number of aliphatic carboxylic acids is 1.